The van der Waals surface area contributed by atoms with Gasteiger partial charge in [0, 0.05) is 22.6 Å². The van der Waals surface area contributed by atoms with E-state index in [0.717, 1.165) is 36.2 Å². The predicted molar refractivity (Wildman–Crippen MR) is 141 cm³/mol. The smallest absolute Gasteiger partial charge is 0.244 e. The van der Waals surface area contributed by atoms with E-state index in [1.54, 1.807) is 31.2 Å². The van der Waals surface area contributed by atoms with Crippen molar-refractivity contribution in [1.82, 2.24) is 10.2 Å². The molecule has 11 heteroatoms. The zero-order valence-corrected chi connectivity index (χ0v) is 22.6. The predicted octanol–water partition coefficient (Wildman–Crippen LogP) is 4.89. The highest BCUT2D eigenvalue weighted by Crippen LogP contribution is 2.31. The molecule has 1 aliphatic carbocycles. The molecule has 35 heavy (non-hydrogen) atoms. The minimum atomic E-state index is -3.91. The first-order valence-corrected chi connectivity index (χ1v) is 14.2. The third kappa shape index (κ3) is 7.49. The second-order valence-electron chi connectivity index (χ2n) is 8.68. The molecule has 0 bridgehead atoms. The van der Waals surface area contributed by atoms with Gasteiger partial charge in [-0.2, -0.15) is 0 Å². The van der Waals surface area contributed by atoms with Crippen LogP contribution in [0, 0.1) is 0 Å². The fraction of sp³-hybridized carbons (Fsp3) is 0.417. The van der Waals surface area contributed by atoms with Gasteiger partial charge in [-0.05, 0) is 55.7 Å². The van der Waals surface area contributed by atoms with Gasteiger partial charge in [0.15, 0.2) is 0 Å². The topological polar surface area (TPSA) is 86.8 Å². The first kappa shape index (κ1) is 27.6. The lowest BCUT2D eigenvalue weighted by atomic mass is 10.1. The molecule has 0 unspecified atom stereocenters. The van der Waals surface area contributed by atoms with Crippen molar-refractivity contribution in [2.24, 2.45) is 0 Å². The lowest BCUT2D eigenvalue weighted by molar-refractivity contribution is -0.139. The van der Waals surface area contributed by atoms with Gasteiger partial charge >= 0.3 is 0 Å². The van der Waals surface area contributed by atoms with Crippen molar-refractivity contribution in [3.63, 3.8) is 0 Å². The van der Waals surface area contributed by atoms with E-state index >= 15 is 0 Å². The van der Waals surface area contributed by atoms with E-state index in [2.05, 4.69) is 5.32 Å². The summed E-state index contributed by atoms with van der Waals surface area (Å²) in [6.07, 6.45) is 4.88. The number of benzene rings is 2. The molecule has 0 aromatic heterocycles. The molecular formula is C24H28Cl3N3O4S. The van der Waals surface area contributed by atoms with Gasteiger partial charge in [0.1, 0.15) is 12.6 Å². The zero-order valence-electron chi connectivity index (χ0n) is 19.5. The molecule has 1 N–H and O–H groups in total. The maximum Gasteiger partial charge on any atom is 0.244 e. The molecule has 2 aromatic rings. The number of amides is 2. The Morgan fingerprint density at radius 2 is 1.71 bits per heavy atom. The van der Waals surface area contributed by atoms with Gasteiger partial charge in [0.05, 0.1) is 17.0 Å². The summed E-state index contributed by atoms with van der Waals surface area (Å²) < 4.78 is 26.2. The van der Waals surface area contributed by atoms with E-state index in [1.807, 2.05) is 0 Å². The van der Waals surface area contributed by atoms with Crippen LogP contribution in [0.2, 0.25) is 15.1 Å². The normalized spacial score (nSPS) is 15.0. The van der Waals surface area contributed by atoms with Gasteiger partial charge in [-0.1, -0.05) is 59.8 Å². The van der Waals surface area contributed by atoms with Crippen LogP contribution >= 0.6 is 34.8 Å². The quantitative estimate of drug-likeness (QED) is 0.473. The van der Waals surface area contributed by atoms with Gasteiger partial charge in [0.2, 0.25) is 21.8 Å². The standard InChI is InChI=1S/C24H28Cl3N3O4S/c1-16(24(32)28-20-8-3-4-9-20)29(14-17-6-5-7-18(25)12-17)23(31)15-30(35(2,33)34)22-13-19(26)10-11-21(22)27/h5-7,10-13,16,20H,3-4,8-9,14-15H2,1-2H3,(H,28,32)/t16-/m0/s1. The number of nitrogens with zero attached hydrogens (tertiary/aromatic N) is 2. The Morgan fingerprint density at radius 3 is 2.34 bits per heavy atom. The van der Waals surface area contributed by atoms with Crippen LogP contribution in [0.15, 0.2) is 42.5 Å². The molecule has 2 amide bonds. The monoisotopic (exact) mass is 559 g/mol. The molecule has 3 rings (SSSR count). The minimum Gasteiger partial charge on any atom is -0.352 e. The minimum absolute atomic E-state index is 0.0690. The van der Waals surface area contributed by atoms with Crippen LogP contribution < -0.4 is 9.62 Å². The van der Waals surface area contributed by atoms with Crippen LogP contribution in [0.25, 0.3) is 0 Å². The first-order chi connectivity index (χ1) is 16.5. The van der Waals surface area contributed by atoms with Crippen molar-refractivity contribution >= 4 is 62.3 Å². The number of nitrogens with one attached hydrogen (secondary N) is 1. The van der Waals surface area contributed by atoms with Crippen LogP contribution in [0.3, 0.4) is 0 Å². The Labute approximate surface area is 221 Å². The van der Waals surface area contributed by atoms with Gasteiger partial charge in [-0.3, -0.25) is 13.9 Å². The maximum absolute atomic E-state index is 13.6. The molecule has 0 heterocycles. The van der Waals surface area contributed by atoms with E-state index in [-0.39, 0.29) is 34.2 Å². The number of rotatable bonds is 9. The number of sulfonamides is 1. The third-order valence-corrected chi connectivity index (χ3v) is 7.88. The molecule has 0 aliphatic heterocycles. The molecule has 190 valence electrons. The summed E-state index contributed by atoms with van der Waals surface area (Å²) >= 11 is 18.4. The molecule has 1 atom stereocenters. The highest BCUT2D eigenvalue weighted by atomic mass is 35.5. The average molecular weight is 561 g/mol. The number of hydrogen-bond donors (Lipinski definition) is 1. The van der Waals surface area contributed by atoms with Gasteiger partial charge in [0.25, 0.3) is 0 Å². The van der Waals surface area contributed by atoms with Crippen LogP contribution in [0.4, 0.5) is 5.69 Å². The van der Waals surface area contributed by atoms with Crippen LogP contribution in [0.1, 0.15) is 38.2 Å². The summed E-state index contributed by atoms with van der Waals surface area (Å²) in [4.78, 5) is 28.0. The summed E-state index contributed by atoms with van der Waals surface area (Å²) in [7, 11) is -3.91. The van der Waals surface area contributed by atoms with E-state index in [4.69, 9.17) is 34.8 Å². The molecule has 7 nitrogen and oxygen atoms in total. The lowest BCUT2D eigenvalue weighted by Crippen LogP contribution is -2.52. The van der Waals surface area contributed by atoms with Gasteiger partial charge < -0.3 is 10.2 Å². The molecule has 1 aliphatic rings. The summed E-state index contributed by atoms with van der Waals surface area (Å²) in [6.45, 7) is 1.14. The molecule has 0 saturated heterocycles. The highest BCUT2D eigenvalue weighted by molar-refractivity contribution is 7.92. The SMILES string of the molecule is C[C@@H](C(=O)NC1CCCC1)N(Cc1cccc(Cl)c1)C(=O)CN(c1cc(Cl)ccc1Cl)S(C)(=O)=O. The summed E-state index contributed by atoms with van der Waals surface area (Å²) in [5.41, 5.74) is 0.791. The molecule has 2 aromatic carbocycles. The average Bonchev–Trinajstić information content (AvgIpc) is 3.29. The number of anilines is 1. The molecule has 1 fully saturated rings. The van der Waals surface area contributed by atoms with E-state index in [9.17, 15) is 18.0 Å². The lowest BCUT2D eigenvalue weighted by Gasteiger charge is -2.32. The van der Waals surface area contributed by atoms with Gasteiger partial charge in [-0.15, -0.1) is 0 Å². The van der Waals surface area contributed by atoms with Crippen molar-refractivity contribution in [2.75, 3.05) is 17.1 Å². The zero-order chi connectivity index (χ0) is 25.8. The molecule has 0 radical (unpaired) electrons. The van der Waals surface area contributed by atoms with Crippen LogP contribution in [-0.4, -0.2) is 50.0 Å². The van der Waals surface area contributed by atoms with Crippen molar-refractivity contribution < 1.29 is 18.0 Å². The molecule has 0 spiro atoms. The summed E-state index contributed by atoms with van der Waals surface area (Å²) in [5.74, 6) is -0.862. The van der Waals surface area contributed by atoms with Crippen LogP contribution in [0.5, 0.6) is 0 Å². The maximum atomic E-state index is 13.6. The Bertz CT molecular complexity index is 1190. The Hall–Kier alpha value is -2.00. The van der Waals surface area contributed by atoms with Crippen molar-refractivity contribution in [2.45, 2.75) is 51.2 Å². The Balaban J connectivity index is 1.91. The van der Waals surface area contributed by atoms with E-state index in [1.165, 1.54) is 23.1 Å². The Morgan fingerprint density at radius 1 is 1.06 bits per heavy atom. The van der Waals surface area contributed by atoms with E-state index in [0.29, 0.717) is 10.6 Å². The van der Waals surface area contributed by atoms with E-state index < -0.39 is 28.5 Å². The number of carbonyl (C=O) groups excluding carboxylic acids is 2. The number of hydrogen-bond acceptors (Lipinski definition) is 4. The second kappa shape index (κ2) is 11.8. The second-order valence-corrected chi connectivity index (χ2v) is 11.9. The summed E-state index contributed by atoms with van der Waals surface area (Å²) in [5, 5.41) is 3.90. The largest absolute Gasteiger partial charge is 0.352 e. The Kier molecular flexibility index (Phi) is 9.32. The fourth-order valence-corrected chi connectivity index (χ4v) is 5.58. The van der Waals surface area contributed by atoms with Crippen molar-refractivity contribution in [3.05, 3.63) is 63.1 Å². The number of carbonyl (C=O) groups is 2. The number of halogens is 3. The fourth-order valence-electron chi connectivity index (χ4n) is 4.08. The summed E-state index contributed by atoms with van der Waals surface area (Å²) in [6, 6.07) is 10.5. The van der Waals surface area contributed by atoms with Crippen LogP contribution in [-0.2, 0) is 26.2 Å². The third-order valence-electron chi connectivity index (χ3n) is 5.97. The van der Waals surface area contributed by atoms with Crippen molar-refractivity contribution in [1.29, 1.82) is 0 Å². The highest BCUT2D eigenvalue weighted by Gasteiger charge is 2.32. The first-order valence-electron chi connectivity index (χ1n) is 11.2. The molecular weight excluding hydrogens is 533 g/mol. The van der Waals surface area contributed by atoms with Crippen molar-refractivity contribution in [3.8, 4) is 0 Å². The van der Waals surface area contributed by atoms with Gasteiger partial charge in [-0.25, -0.2) is 8.42 Å². The molecule has 1 saturated carbocycles.